The topological polar surface area (TPSA) is 47.7 Å². The minimum atomic E-state index is -0.370. The second-order valence-electron chi connectivity index (χ2n) is 4.87. The maximum atomic E-state index is 14.4. The summed E-state index contributed by atoms with van der Waals surface area (Å²) in [7, 11) is 1.52. The van der Waals surface area contributed by atoms with Gasteiger partial charge in [-0.3, -0.25) is 0 Å². The summed E-state index contributed by atoms with van der Waals surface area (Å²) < 4.78 is 25.3. The van der Waals surface area contributed by atoms with Crippen LogP contribution in [0.2, 0.25) is 0 Å². The summed E-state index contributed by atoms with van der Waals surface area (Å²) in [6, 6.07) is 10.5. The highest BCUT2D eigenvalue weighted by atomic mass is 19.1. The molecule has 0 spiro atoms. The van der Waals surface area contributed by atoms with Crippen LogP contribution in [0.15, 0.2) is 36.4 Å². The van der Waals surface area contributed by atoms with E-state index in [-0.39, 0.29) is 11.5 Å². The van der Waals surface area contributed by atoms with Crippen LogP contribution in [0.1, 0.15) is 6.42 Å². The molecule has 2 N–H and O–H groups in total. The van der Waals surface area contributed by atoms with Gasteiger partial charge in [-0.1, -0.05) is 12.1 Å². The quantitative estimate of drug-likeness (QED) is 0.861. The highest BCUT2D eigenvalue weighted by Gasteiger charge is 2.21. The number of nitrogens with zero attached hydrogens (tertiary/aromatic N) is 1. The van der Waals surface area contributed by atoms with Gasteiger partial charge in [0.1, 0.15) is 17.3 Å². The number of rotatable bonds is 2. The summed E-state index contributed by atoms with van der Waals surface area (Å²) in [5.41, 5.74) is 7.33. The van der Waals surface area contributed by atoms with E-state index in [9.17, 15) is 4.39 Å². The van der Waals surface area contributed by atoms with Crippen LogP contribution in [-0.2, 0) is 0 Å². The summed E-state index contributed by atoms with van der Waals surface area (Å²) in [6.07, 6.45) is 0.806. The molecule has 2 aromatic carbocycles. The number of nitrogen functional groups attached to an aromatic ring is 1. The molecule has 1 heterocycles. The standard InChI is InChI=1S/C16H17FN2O2/c1-20-16-10-14(11(17)9-12(16)18)19-7-4-8-21-15-6-3-2-5-13(15)19/h2-3,5-6,9-10H,4,7-8,18H2,1H3. The molecule has 1 aliphatic heterocycles. The van der Waals surface area contributed by atoms with Crippen LogP contribution in [0.5, 0.6) is 11.5 Å². The molecule has 0 aromatic heterocycles. The number of hydrogen-bond donors (Lipinski definition) is 1. The van der Waals surface area contributed by atoms with Gasteiger partial charge in [-0.15, -0.1) is 0 Å². The molecule has 0 bridgehead atoms. The van der Waals surface area contributed by atoms with E-state index >= 15 is 0 Å². The number of ether oxygens (including phenoxy) is 2. The Balaban J connectivity index is 2.12. The van der Waals surface area contributed by atoms with Crippen molar-refractivity contribution < 1.29 is 13.9 Å². The van der Waals surface area contributed by atoms with Gasteiger partial charge in [0.2, 0.25) is 0 Å². The number of para-hydroxylation sites is 2. The highest BCUT2D eigenvalue weighted by Crippen LogP contribution is 2.39. The van der Waals surface area contributed by atoms with Crippen molar-refractivity contribution in [1.29, 1.82) is 0 Å². The Bertz CT molecular complexity index is 661. The number of methoxy groups -OCH3 is 1. The van der Waals surface area contributed by atoms with Crippen LogP contribution in [0.4, 0.5) is 21.5 Å². The Morgan fingerprint density at radius 1 is 1.24 bits per heavy atom. The van der Waals surface area contributed by atoms with Crippen LogP contribution in [0.3, 0.4) is 0 Å². The molecule has 0 saturated heterocycles. The number of benzene rings is 2. The van der Waals surface area contributed by atoms with Crippen LogP contribution in [0, 0.1) is 5.82 Å². The van der Waals surface area contributed by atoms with E-state index in [4.69, 9.17) is 15.2 Å². The third-order valence-electron chi connectivity index (χ3n) is 3.53. The zero-order valence-corrected chi connectivity index (χ0v) is 11.8. The second kappa shape index (κ2) is 5.52. The Labute approximate surface area is 122 Å². The van der Waals surface area contributed by atoms with Gasteiger partial charge in [-0.25, -0.2) is 4.39 Å². The minimum Gasteiger partial charge on any atom is -0.495 e. The predicted molar refractivity (Wildman–Crippen MR) is 80.9 cm³/mol. The third kappa shape index (κ3) is 2.46. The fourth-order valence-corrected chi connectivity index (χ4v) is 2.52. The van der Waals surface area contributed by atoms with E-state index in [1.165, 1.54) is 13.2 Å². The molecule has 0 unspecified atom stereocenters. The first-order valence-corrected chi connectivity index (χ1v) is 6.83. The van der Waals surface area contributed by atoms with Gasteiger partial charge < -0.3 is 20.1 Å². The number of hydrogen-bond acceptors (Lipinski definition) is 4. The van der Waals surface area contributed by atoms with Gasteiger partial charge in [-0.05, 0) is 18.6 Å². The highest BCUT2D eigenvalue weighted by molar-refractivity contribution is 5.73. The molecule has 110 valence electrons. The molecule has 0 saturated carbocycles. The van der Waals surface area contributed by atoms with Crippen LogP contribution in [-0.4, -0.2) is 20.3 Å². The van der Waals surface area contributed by atoms with Crippen LogP contribution >= 0.6 is 0 Å². The number of fused-ring (bicyclic) bond motifs is 1. The van der Waals surface area contributed by atoms with Crippen molar-refractivity contribution in [3.63, 3.8) is 0 Å². The fourth-order valence-electron chi connectivity index (χ4n) is 2.52. The monoisotopic (exact) mass is 288 g/mol. The molecule has 5 heteroatoms. The van der Waals surface area contributed by atoms with E-state index in [0.717, 1.165) is 17.9 Å². The zero-order chi connectivity index (χ0) is 14.8. The van der Waals surface area contributed by atoms with Gasteiger partial charge in [0, 0.05) is 18.7 Å². The van der Waals surface area contributed by atoms with E-state index < -0.39 is 0 Å². The Morgan fingerprint density at radius 2 is 2.05 bits per heavy atom. The van der Waals surface area contributed by atoms with E-state index in [1.807, 2.05) is 29.2 Å². The van der Waals surface area contributed by atoms with Gasteiger partial charge in [0.25, 0.3) is 0 Å². The van der Waals surface area contributed by atoms with Crippen molar-refractivity contribution in [2.24, 2.45) is 0 Å². The van der Waals surface area contributed by atoms with E-state index in [2.05, 4.69) is 0 Å². The lowest BCUT2D eigenvalue weighted by molar-refractivity contribution is 0.322. The second-order valence-corrected chi connectivity index (χ2v) is 4.87. The number of halogens is 1. The summed E-state index contributed by atoms with van der Waals surface area (Å²) in [4.78, 5) is 1.90. The molecule has 0 aliphatic carbocycles. The summed E-state index contributed by atoms with van der Waals surface area (Å²) in [5.74, 6) is 0.851. The Morgan fingerprint density at radius 3 is 2.86 bits per heavy atom. The van der Waals surface area contributed by atoms with Gasteiger partial charge in [0.15, 0.2) is 0 Å². The average molecular weight is 288 g/mol. The molecular weight excluding hydrogens is 271 g/mol. The van der Waals surface area contributed by atoms with Gasteiger partial charge in [0.05, 0.1) is 30.8 Å². The number of nitrogens with two attached hydrogens (primary N) is 1. The summed E-state index contributed by atoms with van der Waals surface area (Å²) >= 11 is 0. The predicted octanol–water partition coefficient (Wildman–Crippen LogP) is 3.34. The van der Waals surface area contributed by atoms with Crippen molar-refractivity contribution in [2.45, 2.75) is 6.42 Å². The molecule has 21 heavy (non-hydrogen) atoms. The minimum absolute atomic E-state index is 0.290. The van der Waals surface area contributed by atoms with Crippen LogP contribution in [0.25, 0.3) is 0 Å². The largest absolute Gasteiger partial charge is 0.495 e. The molecule has 0 fully saturated rings. The van der Waals surface area contributed by atoms with Crippen molar-refractivity contribution in [2.75, 3.05) is 30.9 Å². The summed E-state index contributed by atoms with van der Waals surface area (Å²) in [5, 5.41) is 0. The molecule has 0 amide bonds. The Hall–Kier alpha value is -2.43. The summed E-state index contributed by atoms with van der Waals surface area (Å²) in [6.45, 7) is 1.28. The molecular formula is C16H17FN2O2. The first-order valence-electron chi connectivity index (χ1n) is 6.83. The maximum absolute atomic E-state index is 14.4. The fraction of sp³-hybridized carbons (Fsp3) is 0.250. The van der Waals surface area contributed by atoms with Crippen molar-refractivity contribution in [3.05, 3.63) is 42.2 Å². The molecule has 4 nitrogen and oxygen atoms in total. The van der Waals surface area contributed by atoms with Gasteiger partial charge in [-0.2, -0.15) is 0 Å². The van der Waals surface area contributed by atoms with Crippen molar-refractivity contribution >= 4 is 17.1 Å². The smallest absolute Gasteiger partial charge is 0.149 e. The molecule has 1 aliphatic rings. The molecule has 3 rings (SSSR count). The maximum Gasteiger partial charge on any atom is 0.149 e. The Kier molecular flexibility index (Phi) is 3.56. The SMILES string of the molecule is COc1cc(N2CCCOc3ccccc32)c(F)cc1N. The van der Waals surface area contributed by atoms with Crippen molar-refractivity contribution in [3.8, 4) is 11.5 Å². The van der Waals surface area contributed by atoms with E-state index in [0.29, 0.717) is 24.6 Å². The molecule has 2 aromatic rings. The lowest BCUT2D eigenvalue weighted by atomic mass is 10.2. The molecule has 0 atom stereocenters. The van der Waals surface area contributed by atoms with Crippen molar-refractivity contribution in [1.82, 2.24) is 0 Å². The van der Waals surface area contributed by atoms with Gasteiger partial charge >= 0.3 is 0 Å². The zero-order valence-electron chi connectivity index (χ0n) is 11.8. The lowest BCUT2D eigenvalue weighted by Crippen LogP contribution is -2.19. The molecule has 0 radical (unpaired) electrons. The van der Waals surface area contributed by atoms with Crippen LogP contribution < -0.4 is 20.1 Å². The first-order chi connectivity index (χ1) is 10.2. The lowest BCUT2D eigenvalue weighted by Gasteiger charge is -2.25. The average Bonchev–Trinajstić information content (AvgIpc) is 2.70. The normalized spacial score (nSPS) is 14.1. The number of anilines is 3. The first kappa shape index (κ1) is 13.5. The van der Waals surface area contributed by atoms with E-state index in [1.54, 1.807) is 6.07 Å². The third-order valence-corrected chi connectivity index (χ3v) is 3.53.